The molecule has 0 aliphatic heterocycles. The summed E-state index contributed by atoms with van der Waals surface area (Å²) in [5.41, 5.74) is 17.5. The van der Waals surface area contributed by atoms with Gasteiger partial charge in [0.15, 0.2) is 0 Å². The molecule has 1 aliphatic rings. The van der Waals surface area contributed by atoms with E-state index in [2.05, 4.69) is 216 Å². The van der Waals surface area contributed by atoms with Gasteiger partial charge in [0, 0.05) is 44.4 Å². The van der Waals surface area contributed by atoms with E-state index >= 15 is 0 Å². The number of fused-ring (bicyclic) bond motifs is 6. The zero-order chi connectivity index (χ0) is 37.9. The second-order valence-electron chi connectivity index (χ2n) is 15.2. The highest BCUT2D eigenvalue weighted by Crippen LogP contribution is 2.42. The quantitative estimate of drug-likeness (QED) is 0.167. The Morgan fingerprint density at radius 2 is 1.02 bits per heavy atom. The summed E-state index contributed by atoms with van der Waals surface area (Å²) >= 11 is 0. The smallest absolute Gasteiger partial charge is 0.0715 e. The number of hydrogen-bond donors (Lipinski definition) is 0. The first kappa shape index (κ1) is 33.1. The molecular formula is C54H39N3. The lowest BCUT2D eigenvalue weighted by Crippen LogP contribution is -2.02. The first-order valence-electron chi connectivity index (χ1n) is 19.9. The number of nitrogens with zero attached hydrogens (tertiary/aromatic N) is 3. The number of para-hydroxylation sites is 2. The molecule has 3 nitrogen and oxygen atoms in total. The Hall–Kier alpha value is -7.23. The lowest BCUT2D eigenvalue weighted by Gasteiger charge is -2.16. The van der Waals surface area contributed by atoms with E-state index in [9.17, 15) is 0 Å². The molecule has 270 valence electrons. The second-order valence-corrected chi connectivity index (χ2v) is 15.2. The third-order valence-corrected chi connectivity index (χ3v) is 11.7. The molecule has 11 rings (SSSR count). The van der Waals surface area contributed by atoms with E-state index in [1.54, 1.807) is 0 Å². The number of rotatable bonds is 6. The molecule has 0 N–H and O–H groups in total. The summed E-state index contributed by atoms with van der Waals surface area (Å²) in [5.74, 6) is 0.472. The Bertz CT molecular complexity index is 3090. The number of benzene rings is 7. The average molecular weight is 730 g/mol. The molecule has 1 aliphatic carbocycles. The van der Waals surface area contributed by atoms with Crippen molar-refractivity contribution in [2.24, 2.45) is 0 Å². The van der Waals surface area contributed by atoms with Crippen molar-refractivity contribution in [3.63, 3.8) is 0 Å². The molecule has 3 heterocycles. The van der Waals surface area contributed by atoms with Gasteiger partial charge in [0.1, 0.15) is 0 Å². The van der Waals surface area contributed by atoms with Crippen LogP contribution in [0.3, 0.4) is 0 Å². The number of hydrogen-bond acceptors (Lipinski definition) is 1. The molecule has 3 heteroatoms. The fourth-order valence-corrected chi connectivity index (χ4v) is 9.02. The number of allylic oxidation sites excluding steroid dienone is 1. The van der Waals surface area contributed by atoms with Crippen molar-refractivity contribution in [1.82, 2.24) is 14.1 Å². The molecular weight excluding hydrogens is 691 g/mol. The third-order valence-electron chi connectivity index (χ3n) is 11.7. The third kappa shape index (κ3) is 5.62. The zero-order valence-corrected chi connectivity index (χ0v) is 31.7. The van der Waals surface area contributed by atoms with Crippen LogP contribution in [0.5, 0.6) is 0 Å². The predicted octanol–water partition coefficient (Wildman–Crippen LogP) is 14.3. The highest BCUT2D eigenvalue weighted by atomic mass is 15.0. The van der Waals surface area contributed by atoms with E-state index in [-0.39, 0.29) is 0 Å². The van der Waals surface area contributed by atoms with Crippen LogP contribution in [0.25, 0.3) is 94.9 Å². The molecule has 0 fully saturated rings. The molecule has 3 aromatic heterocycles. The Balaban J connectivity index is 1.05. The van der Waals surface area contributed by atoms with Crippen molar-refractivity contribution in [3.05, 3.63) is 205 Å². The summed E-state index contributed by atoms with van der Waals surface area (Å²) in [6.07, 6.45) is 5.71. The maximum absolute atomic E-state index is 5.13. The fourth-order valence-electron chi connectivity index (χ4n) is 9.02. The summed E-state index contributed by atoms with van der Waals surface area (Å²) in [6.45, 7) is 2.35. The van der Waals surface area contributed by atoms with Gasteiger partial charge in [0.25, 0.3) is 0 Å². The Kier molecular flexibility index (Phi) is 7.85. The van der Waals surface area contributed by atoms with Crippen LogP contribution in [-0.4, -0.2) is 14.1 Å². The molecule has 0 bridgehead atoms. The Morgan fingerprint density at radius 3 is 1.77 bits per heavy atom. The van der Waals surface area contributed by atoms with Gasteiger partial charge in [-0.3, -0.25) is 0 Å². The van der Waals surface area contributed by atoms with Gasteiger partial charge in [-0.15, -0.1) is 0 Å². The summed E-state index contributed by atoms with van der Waals surface area (Å²) in [5, 5.41) is 3.82. The van der Waals surface area contributed by atoms with Gasteiger partial charge in [0.2, 0.25) is 0 Å². The summed E-state index contributed by atoms with van der Waals surface area (Å²) in [6, 6.07) is 68.0. The first-order valence-corrected chi connectivity index (χ1v) is 19.9. The minimum atomic E-state index is 0.472. The molecule has 10 aromatic rings. The second kappa shape index (κ2) is 13.5. The first-order chi connectivity index (χ1) is 28.2. The zero-order valence-electron chi connectivity index (χ0n) is 31.7. The van der Waals surface area contributed by atoms with E-state index in [1.807, 2.05) is 0 Å². The SMILES string of the molecule is CC1CC=Cc2c1c1ccc(-c3ccc4c(c3)c3ccccc3n4-c3cccc(-c4cc(-c5ccccc5)nc(-c5ccccc5)c4)c3)cc1n2-c1ccccc1. The highest BCUT2D eigenvalue weighted by Gasteiger charge is 2.24. The van der Waals surface area contributed by atoms with Crippen LogP contribution in [0.1, 0.15) is 30.5 Å². The highest BCUT2D eigenvalue weighted by molar-refractivity contribution is 6.10. The van der Waals surface area contributed by atoms with E-state index in [4.69, 9.17) is 4.98 Å². The van der Waals surface area contributed by atoms with Crippen molar-refractivity contribution in [2.75, 3.05) is 0 Å². The van der Waals surface area contributed by atoms with E-state index < -0.39 is 0 Å². The number of pyridine rings is 1. The van der Waals surface area contributed by atoms with Gasteiger partial charge in [-0.2, -0.15) is 0 Å². The summed E-state index contributed by atoms with van der Waals surface area (Å²) in [7, 11) is 0. The fraction of sp³-hybridized carbons (Fsp3) is 0.0556. The van der Waals surface area contributed by atoms with Gasteiger partial charge in [-0.1, -0.05) is 140 Å². The van der Waals surface area contributed by atoms with Crippen LogP contribution in [0.4, 0.5) is 0 Å². The Morgan fingerprint density at radius 1 is 0.421 bits per heavy atom. The van der Waals surface area contributed by atoms with Crippen LogP contribution < -0.4 is 0 Å². The van der Waals surface area contributed by atoms with Gasteiger partial charge in [0.05, 0.1) is 27.9 Å². The average Bonchev–Trinajstić information content (AvgIpc) is 3.80. The maximum Gasteiger partial charge on any atom is 0.0715 e. The maximum atomic E-state index is 5.13. The largest absolute Gasteiger partial charge is 0.310 e. The monoisotopic (exact) mass is 729 g/mol. The Labute approximate surface area is 332 Å². The van der Waals surface area contributed by atoms with E-state index in [1.165, 1.54) is 60.8 Å². The lowest BCUT2D eigenvalue weighted by atomic mass is 9.90. The van der Waals surface area contributed by atoms with Crippen molar-refractivity contribution >= 4 is 38.8 Å². The van der Waals surface area contributed by atoms with Crippen molar-refractivity contribution in [1.29, 1.82) is 0 Å². The van der Waals surface area contributed by atoms with Crippen LogP contribution in [0.2, 0.25) is 0 Å². The van der Waals surface area contributed by atoms with Gasteiger partial charge in [-0.05, 0) is 107 Å². The molecule has 0 saturated carbocycles. The molecule has 1 atom stereocenters. The van der Waals surface area contributed by atoms with Crippen LogP contribution in [0, 0.1) is 0 Å². The van der Waals surface area contributed by atoms with Gasteiger partial charge in [-0.25, -0.2) is 4.98 Å². The van der Waals surface area contributed by atoms with Crippen LogP contribution in [0.15, 0.2) is 194 Å². The van der Waals surface area contributed by atoms with E-state index in [0.29, 0.717) is 5.92 Å². The van der Waals surface area contributed by atoms with Crippen molar-refractivity contribution in [2.45, 2.75) is 19.3 Å². The summed E-state index contributed by atoms with van der Waals surface area (Å²) < 4.78 is 4.87. The lowest BCUT2D eigenvalue weighted by molar-refractivity contribution is 0.773. The number of aromatic nitrogens is 3. The molecule has 57 heavy (non-hydrogen) atoms. The van der Waals surface area contributed by atoms with E-state index in [0.717, 1.165) is 45.7 Å². The van der Waals surface area contributed by atoms with Gasteiger partial charge < -0.3 is 9.13 Å². The topological polar surface area (TPSA) is 22.8 Å². The minimum Gasteiger partial charge on any atom is -0.310 e. The molecule has 0 spiro atoms. The minimum absolute atomic E-state index is 0.472. The predicted molar refractivity (Wildman–Crippen MR) is 239 cm³/mol. The molecule has 0 amide bonds. The van der Waals surface area contributed by atoms with Crippen molar-refractivity contribution < 1.29 is 0 Å². The van der Waals surface area contributed by atoms with Crippen LogP contribution in [-0.2, 0) is 0 Å². The normalized spacial score (nSPS) is 13.7. The molecule has 7 aromatic carbocycles. The molecule has 0 saturated heterocycles. The van der Waals surface area contributed by atoms with Crippen LogP contribution >= 0.6 is 0 Å². The van der Waals surface area contributed by atoms with Gasteiger partial charge >= 0.3 is 0 Å². The van der Waals surface area contributed by atoms with Crippen molar-refractivity contribution in [3.8, 4) is 56.1 Å². The molecule has 1 unspecified atom stereocenters. The molecule has 0 radical (unpaired) electrons. The summed E-state index contributed by atoms with van der Waals surface area (Å²) in [4.78, 5) is 5.13. The standard InChI is InChI=1S/C54H39N3/c1-36-15-13-26-52-54(36)46-29-27-41(35-53(46)56(52)43-21-9-4-10-22-43)40-28-30-51-47(32-40)45-24-11-12-25-50(45)57(51)44-23-14-20-39(31-44)42-33-48(37-16-5-2-6-17-37)55-49(34-42)38-18-7-3-8-19-38/h2-14,16-36H,15H2,1H3.